The van der Waals surface area contributed by atoms with Crippen LogP contribution in [0.5, 0.6) is 0 Å². The number of hydrogen-bond donors (Lipinski definition) is 0. The maximum atomic E-state index is 5.38. The molecule has 106 valence electrons. The second-order valence-electron chi connectivity index (χ2n) is 5.09. The molecule has 0 atom stereocenters. The van der Waals surface area contributed by atoms with Gasteiger partial charge in [0.1, 0.15) is 5.82 Å². The van der Waals surface area contributed by atoms with Gasteiger partial charge in [0.05, 0.1) is 25.1 Å². The Morgan fingerprint density at radius 1 is 0.952 bits per heavy atom. The molecule has 0 amide bonds. The monoisotopic (exact) mass is 280 g/mol. The number of rotatable bonds is 2. The zero-order chi connectivity index (χ0) is 14.1. The predicted molar refractivity (Wildman–Crippen MR) is 81.5 cm³/mol. The summed E-state index contributed by atoms with van der Waals surface area (Å²) >= 11 is 0. The van der Waals surface area contributed by atoms with Crippen molar-refractivity contribution in [3.05, 3.63) is 48.7 Å². The Hall–Kier alpha value is -2.40. The SMILES string of the molecule is c1ccc(-c2cn3nc(N4CCOCC4)ccc3n2)cc1. The molecule has 0 bridgehead atoms. The van der Waals surface area contributed by atoms with Crippen LogP contribution >= 0.6 is 0 Å². The van der Waals surface area contributed by atoms with Crippen LogP contribution in [0.25, 0.3) is 16.9 Å². The molecule has 0 spiro atoms. The summed E-state index contributed by atoms with van der Waals surface area (Å²) in [7, 11) is 0. The van der Waals surface area contributed by atoms with Crippen molar-refractivity contribution in [2.24, 2.45) is 0 Å². The van der Waals surface area contributed by atoms with Crippen molar-refractivity contribution in [3.63, 3.8) is 0 Å². The second-order valence-corrected chi connectivity index (χ2v) is 5.09. The van der Waals surface area contributed by atoms with Gasteiger partial charge >= 0.3 is 0 Å². The van der Waals surface area contributed by atoms with E-state index >= 15 is 0 Å². The third kappa shape index (κ3) is 2.36. The molecule has 4 rings (SSSR count). The standard InChI is InChI=1S/C16H16N4O/c1-2-4-13(5-3-1)14-12-20-15(17-14)6-7-16(18-20)19-8-10-21-11-9-19/h1-7,12H,8-11H2. The fourth-order valence-corrected chi connectivity index (χ4v) is 2.58. The average molecular weight is 280 g/mol. The van der Waals surface area contributed by atoms with Gasteiger partial charge in [0.2, 0.25) is 0 Å². The lowest BCUT2D eigenvalue weighted by Gasteiger charge is -2.27. The van der Waals surface area contributed by atoms with Gasteiger partial charge in [-0.15, -0.1) is 5.10 Å². The third-order valence-corrected chi connectivity index (χ3v) is 3.71. The summed E-state index contributed by atoms with van der Waals surface area (Å²) in [6.07, 6.45) is 1.98. The molecule has 3 aromatic rings. The molecule has 1 saturated heterocycles. The van der Waals surface area contributed by atoms with Crippen LogP contribution < -0.4 is 4.90 Å². The van der Waals surface area contributed by atoms with Crippen LogP contribution in [0.1, 0.15) is 0 Å². The van der Waals surface area contributed by atoms with Crippen LogP contribution in [-0.2, 0) is 4.74 Å². The fraction of sp³-hybridized carbons (Fsp3) is 0.250. The number of anilines is 1. The van der Waals surface area contributed by atoms with E-state index < -0.39 is 0 Å². The van der Waals surface area contributed by atoms with Crippen molar-refractivity contribution in [2.75, 3.05) is 31.2 Å². The maximum Gasteiger partial charge on any atom is 0.154 e. The van der Waals surface area contributed by atoms with Crippen molar-refractivity contribution in [1.82, 2.24) is 14.6 Å². The summed E-state index contributed by atoms with van der Waals surface area (Å²) in [5, 5.41) is 4.67. The Labute approximate surface area is 122 Å². The van der Waals surface area contributed by atoms with E-state index in [0.29, 0.717) is 0 Å². The smallest absolute Gasteiger partial charge is 0.154 e. The molecule has 5 nitrogen and oxygen atoms in total. The molecule has 2 aromatic heterocycles. The number of hydrogen-bond acceptors (Lipinski definition) is 4. The summed E-state index contributed by atoms with van der Waals surface area (Å²) < 4.78 is 7.24. The Morgan fingerprint density at radius 3 is 2.57 bits per heavy atom. The van der Waals surface area contributed by atoms with E-state index in [0.717, 1.165) is 49.0 Å². The first-order chi connectivity index (χ1) is 10.4. The average Bonchev–Trinajstić information content (AvgIpc) is 2.99. The quantitative estimate of drug-likeness (QED) is 0.722. The van der Waals surface area contributed by atoms with Gasteiger partial charge in [0.25, 0.3) is 0 Å². The summed E-state index contributed by atoms with van der Waals surface area (Å²) in [5.41, 5.74) is 2.92. The number of fused-ring (bicyclic) bond motifs is 1. The van der Waals surface area contributed by atoms with Gasteiger partial charge in [0, 0.05) is 18.7 Å². The van der Waals surface area contributed by atoms with E-state index in [9.17, 15) is 0 Å². The van der Waals surface area contributed by atoms with Crippen LogP contribution in [0.2, 0.25) is 0 Å². The van der Waals surface area contributed by atoms with Gasteiger partial charge < -0.3 is 9.64 Å². The van der Waals surface area contributed by atoms with Gasteiger partial charge in [-0.25, -0.2) is 9.50 Å². The maximum absolute atomic E-state index is 5.38. The molecule has 0 N–H and O–H groups in total. The minimum atomic E-state index is 0.763. The normalized spacial score (nSPS) is 15.5. The number of ether oxygens (including phenoxy) is 1. The number of imidazole rings is 1. The van der Waals surface area contributed by atoms with Gasteiger partial charge in [-0.3, -0.25) is 0 Å². The van der Waals surface area contributed by atoms with Crippen LogP contribution in [0.4, 0.5) is 5.82 Å². The molecule has 21 heavy (non-hydrogen) atoms. The Kier molecular flexibility index (Phi) is 3.05. The molecule has 1 aromatic carbocycles. The van der Waals surface area contributed by atoms with Crippen LogP contribution in [0, 0.1) is 0 Å². The number of benzene rings is 1. The summed E-state index contributed by atoms with van der Waals surface area (Å²) in [6, 6.07) is 14.2. The third-order valence-electron chi connectivity index (χ3n) is 3.71. The zero-order valence-corrected chi connectivity index (χ0v) is 11.6. The summed E-state index contributed by atoms with van der Waals surface area (Å²) in [6.45, 7) is 3.30. The molecule has 0 radical (unpaired) electrons. The Morgan fingerprint density at radius 2 is 1.76 bits per heavy atom. The van der Waals surface area contributed by atoms with Crippen molar-refractivity contribution in [1.29, 1.82) is 0 Å². The molecule has 0 saturated carbocycles. The molecule has 1 fully saturated rings. The molecule has 1 aliphatic rings. The van der Waals surface area contributed by atoms with Crippen LogP contribution in [0.15, 0.2) is 48.7 Å². The molecule has 0 aliphatic carbocycles. The first-order valence-corrected chi connectivity index (χ1v) is 7.15. The lowest BCUT2D eigenvalue weighted by Crippen LogP contribution is -2.36. The van der Waals surface area contributed by atoms with Gasteiger partial charge in [-0.05, 0) is 12.1 Å². The van der Waals surface area contributed by atoms with Crippen LogP contribution in [0.3, 0.4) is 0 Å². The van der Waals surface area contributed by atoms with E-state index in [1.54, 1.807) is 0 Å². The Balaban J connectivity index is 1.71. The van der Waals surface area contributed by atoms with Crippen molar-refractivity contribution in [2.45, 2.75) is 0 Å². The number of morpholine rings is 1. The second kappa shape index (κ2) is 5.18. The highest BCUT2D eigenvalue weighted by atomic mass is 16.5. The first kappa shape index (κ1) is 12.3. The van der Waals surface area contributed by atoms with Gasteiger partial charge in [-0.2, -0.15) is 0 Å². The molecule has 1 aliphatic heterocycles. The lowest BCUT2D eigenvalue weighted by atomic mass is 10.2. The van der Waals surface area contributed by atoms with Crippen molar-refractivity contribution >= 4 is 11.5 Å². The van der Waals surface area contributed by atoms with E-state index in [4.69, 9.17) is 4.74 Å². The lowest BCUT2D eigenvalue weighted by molar-refractivity contribution is 0.122. The fourth-order valence-electron chi connectivity index (χ4n) is 2.58. The summed E-state index contributed by atoms with van der Waals surface area (Å²) in [4.78, 5) is 6.87. The molecule has 5 heteroatoms. The van der Waals surface area contributed by atoms with Crippen LogP contribution in [-0.4, -0.2) is 40.9 Å². The number of nitrogens with zero attached hydrogens (tertiary/aromatic N) is 4. The largest absolute Gasteiger partial charge is 0.378 e. The van der Waals surface area contributed by atoms with E-state index in [-0.39, 0.29) is 0 Å². The zero-order valence-electron chi connectivity index (χ0n) is 11.6. The van der Waals surface area contributed by atoms with Crippen molar-refractivity contribution < 1.29 is 4.74 Å². The van der Waals surface area contributed by atoms with Crippen molar-refractivity contribution in [3.8, 4) is 11.3 Å². The number of aromatic nitrogens is 3. The first-order valence-electron chi connectivity index (χ1n) is 7.15. The minimum absolute atomic E-state index is 0.763. The molecular formula is C16H16N4O. The Bertz CT molecular complexity index is 747. The van der Waals surface area contributed by atoms with E-state index in [2.05, 4.69) is 27.1 Å². The van der Waals surface area contributed by atoms with E-state index in [1.807, 2.05) is 41.0 Å². The highest BCUT2D eigenvalue weighted by Crippen LogP contribution is 2.20. The van der Waals surface area contributed by atoms with E-state index in [1.165, 1.54) is 0 Å². The predicted octanol–water partition coefficient (Wildman–Crippen LogP) is 2.23. The highest BCUT2D eigenvalue weighted by molar-refractivity contribution is 5.62. The minimum Gasteiger partial charge on any atom is -0.378 e. The molecule has 0 unspecified atom stereocenters. The molecular weight excluding hydrogens is 264 g/mol. The van der Waals surface area contributed by atoms with Gasteiger partial charge in [-0.1, -0.05) is 30.3 Å². The topological polar surface area (TPSA) is 42.7 Å². The molecule has 3 heterocycles. The summed E-state index contributed by atoms with van der Waals surface area (Å²) in [5.74, 6) is 0.975. The highest BCUT2D eigenvalue weighted by Gasteiger charge is 2.13. The van der Waals surface area contributed by atoms with Gasteiger partial charge in [0.15, 0.2) is 5.65 Å².